The number of benzene rings is 1. The molecule has 0 bridgehead atoms. The predicted octanol–water partition coefficient (Wildman–Crippen LogP) is 2.58. The van der Waals surface area contributed by atoms with Crippen LogP contribution >= 0.6 is 0 Å². The minimum atomic E-state index is -0.809. The zero-order valence-corrected chi connectivity index (χ0v) is 17.3. The average Bonchev–Trinajstić information content (AvgIpc) is 3.13. The number of anilines is 1. The molecule has 3 N–H and O–H groups in total. The summed E-state index contributed by atoms with van der Waals surface area (Å²) in [6, 6.07) is 10.2. The second-order valence-electron chi connectivity index (χ2n) is 7.04. The summed E-state index contributed by atoms with van der Waals surface area (Å²) < 4.78 is 5.49. The molecule has 156 valence electrons. The van der Waals surface area contributed by atoms with Crippen molar-refractivity contribution in [3.63, 3.8) is 0 Å². The van der Waals surface area contributed by atoms with Crippen molar-refractivity contribution in [2.45, 2.75) is 40.3 Å². The van der Waals surface area contributed by atoms with Gasteiger partial charge in [-0.1, -0.05) is 6.07 Å². The Morgan fingerprint density at radius 1 is 1.07 bits per heavy atom. The molecule has 0 aliphatic rings. The lowest BCUT2D eigenvalue weighted by Crippen LogP contribution is -2.34. The zero-order valence-electron chi connectivity index (χ0n) is 17.3. The first-order valence-corrected chi connectivity index (χ1v) is 9.37. The van der Waals surface area contributed by atoms with Crippen molar-refractivity contribution in [3.8, 4) is 6.07 Å². The molecule has 1 aromatic heterocycles. The first-order chi connectivity index (χ1) is 14.2. The molecule has 0 spiro atoms. The summed E-state index contributed by atoms with van der Waals surface area (Å²) in [5, 5.41) is 16.8. The van der Waals surface area contributed by atoms with Crippen LogP contribution in [0.25, 0.3) is 6.08 Å². The lowest BCUT2D eigenvalue weighted by Gasteiger charge is -2.07. The molecule has 2 rings (SSSR count). The lowest BCUT2D eigenvalue weighted by molar-refractivity contribution is -0.136. The van der Waals surface area contributed by atoms with Crippen LogP contribution in [0, 0.1) is 25.2 Å². The third-order valence-electron chi connectivity index (χ3n) is 4.15. The topological polar surface area (TPSA) is 124 Å². The summed E-state index contributed by atoms with van der Waals surface area (Å²) in [6.45, 7) is 7.43. The Morgan fingerprint density at radius 3 is 2.43 bits per heavy atom. The quantitative estimate of drug-likeness (QED) is 0.385. The highest BCUT2D eigenvalue weighted by molar-refractivity contribution is 6.39. The zero-order chi connectivity index (χ0) is 22.3. The summed E-state index contributed by atoms with van der Waals surface area (Å²) >= 11 is 0. The molecule has 0 radical (unpaired) electrons. The summed E-state index contributed by atoms with van der Waals surface area (Å²) in [5.41, 5.74) is 2.53. The molecule has 0 unspecified atom stereocenters. The SMILES string of the molecule is Cc1ccc(NC(=O)C(=O)NCc2ccc(/C=C(/C#N)C(=O)NC(C)C)o2)cc1C. The van der Waals surface area contributed by atoms with E-state index in [0.717, 1.165) is 11.1 Å². The maximum Gasteiger partial charge on any atom is 0.313 e. The molecule has 0 atom stereocenters. The molecular formula is C22H24N4O4. The number of carbonyl (C=O) groups excluding carboxylic acids is 3. The van der Waals surface area contributed by atoms with E-state index in [4.69, 9.17) is 9.68 Å². The number of furan rings is 1. The number of nitrogens with one attached hydrogen (secondary N) is 3. The number of carbonyl (C=O) groups is 3. The molecular weight excluding hydrogens is 384 g/mol. The second-order valence-corrected chi connectivity index (χ2v) is 7.04. The normalized spacial score (nSPS) is 11.0. The van der Waals surface area contributed by atoms with Gasteiger partial charge < -0.3 is 20.4 Å². The third-order valence-corrected chi connectivity index (χ3v) is 4.15. The monoisotopic (exact) mass is 408 g/mol. The van der Waals surface area contributed by atoms with Gasteiger partial charge in [0.1, 0.15) is 23.2 Å². The molecule has 2 aromatic rings. The van der Waals surface area contributed by atoms with Gasteiger partial charge >= 0.3 is 11.8 Å². The van der Waals surface area contributed by atoms with Gasteiger partial charge in [-0.05, 0) is 63.1 Å². The van der Waals surface area contributed by atoms with Crippen molar-refractivity contribution in [2.75, 3.05) is 5.32 Å². The maximum absolute atomic E-state index is 12.0. The molecule has 3 amide bonds. The van der Waals surface area contributed by atoms with Crippen LogP contribution < -0.4 is 16.0 Å². The Bertz CT molecular complexity index is 1030. The van der Waals surface area contributed by atoms with Crippen LogP contribution in [0.5, 0.6) is 0 Å². The standard InChI is InChI=1S/C22H24N4O4/c1-13(2)25-20(27)16(11-23)10-18-7-8-19(30-18)12-24-21(28)22(29)26-17-6-5-14(3)15(4)9-17/h5-10,13H,12H2,1-4H3,(H,24,28)(H,25,27)(H,26,29)/b16-10-. The first kappa shape index (κ1) is 22.4. The van der Waals surface area contributed by atoms with Gasteiger partial charge in [0.25, 0.3) is 5.91 Å². The van der Waals surface area contributed by atoms with E-state index in [2.05, 4.69) is 16.0 Å². The number of nitriles is 1. The Morgan fingerprint density at radius 2 is 1.80 bits per heavy atom. The lowest BCUT2D eigenvalue weighted by atomic mass is 10.1. The molecule has 30 heavy (non-hydrogen) atoms. The summed E-state index contributed by atoms with van der Waals surface area (Å²) in [7, 11) is 0. The van der Waals surface area contributed by atoms with Crippen molar-refractivity contribution < 1.29 is 18.8 Å². The highest BCUT2D eigenvalue weighted by Gasteiger charge is 2.15. The molecule has 1 aromatic carbocycles. The van der Waals surface area contributed by atoms with Crippen molar-refractivity contribution >= 4 is 29.5 Å². The maximum atomic E-state index is 12.0. The van der Waals surface area contributed by atoms with E-state index >= 15 is 0 Å². The molecule has 0 aliphatic heterocycles. The van der Waals surface area contributed by atoms with Gasteiger partial charge in [-0.3, -0.25) is 14.4 Å². The van der Waals surface area contributed by atoms with E-state index in [0.29, 0.717) is 11.4 Å². The van der Waals surface area contributed by atoms with Crippen molar-refractivity contribution in [2.24, 2.45) is 0 Å². The number of amides is 3. The van der Waals surface area contributed by atoms with E-state index in [1.165, 1.54) is 6.08 Å². The van der Waals surface area contributed by atoms with E-state index in [1.807, 2.05) is 26.0 Å². The molecule has 8 nitrogen and oxygen atoms in total. The molecule has 1 heterocycles. The number of aryl methyl sites for hydroxylation is 2. The number of hydrogen-bond acceptors (Lipinski definition) is 5. The Kier molecular flexibility index (Phi) is 7.53. The molecule has 8 heteroatoms. The van der Waals surface area contributed by atoms with Gasteiger partial charge in [0.05, 0.1) is 6.54 Å². The molecule has 0 saturated carbocycles. The van der Waals surface area contributed by atoms with Crippen LogP contribution in [-0.2, 0) is 20.9 Å². The fourth-order valence-electron chi connectivity index (χ4n) is 2.45. The van der Waals surface area contributed by atoms with Gasteiger partial charge in [-0.15, -0.1) is 0 Å². The fraction of sp³-hybridized carbons (Fsp3) is 0.273. The van der Waals surface area contributed by atoms with Gasteiger partial charge in [0.15, 0.2) is 0 Å². The summed E-state index contributed by atoms with van der Waals surface area (Å²) in [6.07, 6.45) is 1.31. The van der Waals surface area contributed by atoms with Crippen LogP contribution in [-0.4, -0.2) is 23.8 Å². The average molecular weight is 408 g/mol. The summed E-state index contributed by atoms with van der Waals surface area (Å²) in [4.78, 5) is 36.0. The van der Waals surface area contributed by atoms with Crippen LogP contribution in [0.3, 0.4) is 0 Å². The van der Waals surface area contributed by atoms with E-state index < -0.39 is 17.7 Å². The van der Waals surface area contributed by atoms with Crippen LogP contribution in [0.2, 0.25) is 0 Å². The highest BCUT2D eigenvalue weighted by atomic mass is 16.3. The Hall–Kier alpha value is -3.86. The van der Waals surface area contributed by atoms with Crippen molar-refractivity contribution in [1.82, 2.24) is 10.6 Å². The fourth-order valence-corrected chi connectivity index (χ4v) is 2.45. The minimum absolute atomic E-state index is 0.0207. The number of nitrogens with zero attached hydrogens (tertiary/aromatic N) is 1. The molecule has 0 aliphatic carbocycles. The van der Waals surface area contributed by atoms with Crippen LogP contribution in [0.4, 0.5) is 5.69 Å². The van der Waals surface area contributed by atoms with Crippen LogP contribution in [0.15, 0.2) is 40.3 Å². The van der Waals surface area contributed by atoms with Gasteiger partial charge in [0, 0.05) is 17.8 Å². The predicted molar refractivity (Wildman–Crippen MR) is 112 cm³/mol. The minimum Gasteiger partial charge on any atom is -0.460 e. The van der Waals surface area contributed by atoms with E-state index in [-0.39, 0.29) is 23.9 Å². The van der Waals surface area contributed by atoms with Gasteiger partial charge in [0.2, 0.25) is 0 Å². The van der Waals surface area contributed by atoms with Gasteiger partial charge in [-0.25, -0.2) is 0 Å². The first-order valence-electron chi connectivity index (χ1n) is 9.37. The van der Waals surface area contributed by atoms with Crippen molar-refractivity contribution in [3.05, 3.63) is 58.6 Å². The van der Waals surface area contributed by atoms with E-state index in [1.54, 1.807) is 38.1 Å². The second kappa shape index (κ2) is 10.1. The third kappa shape index (κ3) is 6.34. The Balaban J connectivity index is 1.94. The smallest absolute Gasteiger partial charge is 0.313 e. The van der Waals surface area contributed by atoms with Crippen molar-refractivity contribution in [1.29, 1.82) is 5.26 Å². The molecule has 0 saturated heterocycles. The van der Waals surface area contributed by atoms with E-state index in [9.17, 15) is 14.4 Å². The largest absolute Gasteiger partial charge is 0.460 e. The van der Waals surface area contributed by atoms with Crippen LogP contribution in [0.1, 0.15) is 36.5 Å². The summed E-state index contributed by atoms with van der Waals surface area (Å²) in [5.74, 6) is -1.44. The highest BCUT2D eigenvalue weighted by Crippen LogP contribution is 2.14. The van der Waals surface area contributed by atoms with Gasteiger partial charge in [-0.2, -0.15) is 5.26 Å². The Labute approximate surface area is 174 Å². The number of hydrogen-bond donors (Lipinski definition) is 3. The number of rotatable bonds is 6. The molecule has 0 fully saturated rings.